The first-order valence-corrected chi connectivity index (χ1v) is 11.4. The van der Waals surface area contributed by atoms with Gasteiger partial charge in [0.15, 0.2) is 12.4 Å². The number of nitrogens with zero attached hydrogens (tertiary/aromatic N) is 4. The molecule has 0 spiro atoms. The summed E-state index contributed by atoms with van der Waals surface area (Å²) in [7, 11) is 1.54. The zero-order chi connectivity index (χ0) is 24.2. The van der Waals surface area contributed by atoms with E-state index in [4.69, 9.17) is 9.47 Å². The number of aromatic nitrogens is 4. The van der Waals surface area contributed by atoms with Gasteiger partial charge < -0.3 is 14.8 Å². The van der Waals surface area contributed by atoms with Crippen LogP contribution in [0, 0.1) is 0 Å². The van der Waals surface area contributed by atoms with Crippen LogP contribution in [0.4, 0.5) is 5.69 Å². The second kappa shape index (κ2) is 9.74. The van der Waals surface area contributed by atoms with E-state index in [2.05, 4.69) is 20.4 Å². The van der Waals surface area contributed by atoms with Crippen LogP contribution < -0.4 is 24.9 Å². The van der Waals surface area contributed by atoms with Crippen LogP contribution in [0.5, 0.6) is 11.5 Å². The van der Waals surface area contributed by atoms with E-state index in [0.717, 1.165) is 11.1 Å². The number of nitrogens with one attached hydrogen (secondary N) is 1. The number of methoxy groups -OCH3 is 1. The van der Waals surface area contributed by atoms with E-state index in [1.807, 2.05) is 24.3 Å². The molecule has 3 heterocycles. The second-order valence-corrected chi connectivity index (χ2v) is 8.40. The zero-order valence-corrected chi connectivity index (χ0v) is 19.4. The monoisotopic (exact) mass is 485 g/mol. The number of hydrogen-bond donors (Lipinski definition) is 1. The van der Waals surface area contributed by atoms with Gasteiger partial charge in [0.1, 0.15) is 11.5 Å². The molecule has 0 saturated heterocycles. The molecule has 2 aromatic carbocycles. The quantitative estimate of drug-likeness (QED) is 0.378. The summed E-state index contributed by atoms with van der Waals surface area (Å²) in [6.45, 7) is -0.153. The number of rotatable bonds is 7. The van der Waals surface area contributed by atoms with Crippen molar-refractivity contribution in [1.82, 2.24) is 19.6 Å². The van der Waals surface area contributed by atoms with Gasteiger partial charge in [0, 0.05) is 18.0 Å². The minimum atomic E-state index is -0.304. The van der Waals surface area contributed by atoms with Crippen molar-refractivity contribution in [3.8, 4) is 22.9 Å². The first-order valence-electron chi connectivity index (χ1n) is 10.6. The van der Waals surface area contributed by atoms with E-state index >= 15 is 0 Å². The molecule has 1 amide bonds. The maximum Gasteiger partial charge on any atom is 0.291 e. The molecule has 0 aliphatic carbocycles. The molecule has 0 saturated carbocycles. The molecule has 0 aliphatic rings. The predicted octanol–water partition coefficient (Wildman–Crippen LogP) is 2.79. The highest BCUT2D eigenvalue weighted by molar-refractivity contribution is 7.15. The average Bonchev–Trinajstić information content (AvgIpc) is 3.43. The van der Waals surface area contributed by atoms with Crippen LogP contribution in [0.1, 0.15) is 5.56 Å². The van der Waals surface area contributed by atoms with Gasteiger partial charge in [-0.2, -0.15) is 9.50 Å². The molecule has 0 fully saturated rings. The van der Waals surface area contributed by atoms with Crippen molar-refractivity contribution in [3.63, 3.8) is 0 Å². The molecule has 10 heteroatoms. The van der Waals surface area contributed by atoms with Crippen LogP contribution in [0.2, 0.25) is 0 Å². The number of carbonyl (C=O) groups excluding carboxylic acids is 1. The van der Waals surface area contributed by atoms with E-state index in [1.165, 1.54) is 15.9 Å². The Hall–Kier alpha value is -4.57. The molecule has 5 aromatic rings. The normalized spacial score (nSPS) is 11.5. The van der Waals surface area contributed by atoms with E-state index in [9.17, 15) is 9.59 Å². The molecule has 5 rings (SSSR count). The second-order valence-electron chi connectivity index (χ2n) is 7.39. The lowest BCUT2D eigenvalue weighted by Crippen LogP contribution is -2.23. The van der Waals surface area contributed by atoms with Crippen LogP contribution in [0.15, 0.2) is 77.9 Å². The van der Waals surface area contributed by atoms with Crippen LogP contribution >= 0.6 is 11.3 Å². The molecule has 0 atom stereocenters. The van der Waals surface area contributed by atoms with Crippen molar-refractivity contribution in [2.75, 3.05) is 19.0 Å². The van der Waals surface area contributed by atoms with Crippen molar-refractivity contribution in [1.29, 1.82) is 0 Å². The van der Waals surface area contributed by atoms with Crippen molar-refractivity contribution in [2.45, 2.75) is 0 Å². The van der Waals surface area contributed by atoms with Gasteiger partial charge in [-0.15, -0.1) is 5.10 Å². The van der Waals surface area contributed by atoms with E-state index in [-0.39, 0.29) is 18.1 Å². The molecule has 0 radical (unpaired) electrons. The number of hydrogen-bond acceptors (Lipinski definition) is 8. The molecule has 0 aliphatic heterocycles. The predicted molar refractivity (Wildman–Crippen MR) is 133 cm³/mol. The van der Waals surface area contributed by atoms with Crippen molar-refractivity contribution in [2.24, 2.45) is 0 Å². The van der Waals surface area contributed by atoms with Gasteiger partial charge in [-0.1, -0.05) is 35.6 Å². The van der Waals surface area contributed by atoms with Crippen molar-refractivity contribution < 1.29 is 14.3 Å². The number of ether oxygens (including phenoxy) is 2. The van der Waals surface area contributed by atoms with Crippen LogP contribution in [-0.4, -0.2) is 39.2 Å². The first kappa shape index (κ1) is 22.2. The van der Waals surface area contributed by atoms with Crippen LogP contribution in [-0.2, 0) is 4.79 Å². The molecule has 35 heavy (non-hydrogen) atoms. The topological polar surface area (TPSA) is 108 Å². The van der Waals surface area contributed by atoms with Gasteiger partial charge in [0.25, 0.3) is 11.5 Å². The first-order chi connectivity index (χ1) is 17.1. The standard InChI is InChI=1S/C25H19N5O4S/c1-33-20-5-3-2-4-19(20)27-22(31)15-34-18-8-6-16(7-9-18)14-21-24(32)30-25(35-21)28-23(29-30)17-10-12-26-13-11-17/h2-14H,15H2,1H3,(H,27,31)/b21-14-. The van der Waals surface area contributed by atoms with Crippen LogP contribution in [0.3, 0.4) is 0 Å². The van der Waals surface area contributed by atoms with Gasteiger partial charge in [0.05, 0.1) is 17.3 Å². The zero-order valence-electron chi connectivity index (χ0n) is 18.5. The summed E-state index contributed by atoms with van der Waals surface area (Å²) < 4.78 is 12.6. The SMILES string of the molecule is COc1ccccc1NC(=O)COc1ccc(/C=c2\sc3nc(-c4ccncc4)nn3c2=O)cc1. The van der Waals surface area contributed by atoms with E-state index in [0.29, 0.717) is 32.5 Å². The molecule has 9 nitrogen and oxygen atoms in total. The van der Waals surface area contributed by atoms with E-state index < -0.39 is 0 Å². The molecule has 174 valence electrons. The Morgan fingerprint density at radius 1 is 1.09 bits per heavy atom. The van der Waals surface area contributed by atoms with Crippen molar-refractivity contribution in [3.05, 3.63) is 93.5 Å². The minimum Gasteiger partial charge on any atom is -0.495 e. The Morgan fingerprint density at radius 3 is 2.60 bits per heavy atom. The summed E-state index contributed by atoms with van der Waals surface area (Å²) >= 11 is 1.27. The lowest BCUT2D eigenvalue weighted by molar-refractivity contribution is -0.118. The third-order valence-corrected chi connectivity index (χ3v) is 6.01. The molecular weight excluding hydrogens is 466 g/mol. The number of carbonyl (C=O) groups is 1. The smallest absolute Gasteiger partial charge is 0.291 e. The summed E-state index contributed by atoms with van der Waals surface area (Å²) in [5.41, 5.74) is 1.96. The highest BCUT2D eigenvalue weighted by Gasteiger charge is 2.12. The summed E-state index contributed by atoms with van der Waals surface area (Å²) in [5, 5.41) is 7.09. The van der Waals surface area contributed by atoms with Gasteiger partial charge in [0.2, 0.25) is 4.96 Å². The summed E-state index contributed by atoms with van der Waals surface area (Å²) in [6, 6.07) is 17.8. The third-order valence-electron chi connectivity index (χ3n) is 5.05. The fraction of sp³-hybridized carbons (Fsp3) is 0.0800. The van der Waals surface area contributed by atoms with E-state index in [1.54, 1.807) is 62.0 Å². The molecule has 3 aromatic heterocycles. The largest absolute Gasteiger partial charge is 0.495 e. The number of fused-ring (bicyclic) bond motifs is 1. The van der Waals surface area contributed by atoms with Gasteiger partial charge in [-0.3, -0.25) is 14.6 Å². The third kappa shape index (κ3) is 4.87. The Labute approximate surface area is 203 Å². The average molecular weight is 486 g/mol. The maximum atomic E-state index is 12.8. The number of thiazole rings is 1. The maximum absolute atomic E-state index is 12.8. The number of benzene rings is 2. The fourth-order valence-electron chi connectivity index (χ4n) is 3.35. The fourth-order valence-corrected chi connectivity index (χ4v) is 4.26. The summed E-state index contributed by atoms with van der Waals surface area (Å²) in [4.78, 5) is 34.0. The molecular formula is C25H19N5O4S. The number of para-hydroxylation sites is 2. The Morgan fingerprint density at radius 2 is 1.86 bits per heavy atom. The minimum absolute atomic E-state index is 0.153. The van der Waals surface area contributed by atoms with Crippen LogP contribution in [0.25, 0.3) is 22.4 Å². The molecule has 0 unspecified atom stereocenters. The summed E-state index contributed by atoms with van der Waals surface area (Å²) in [6.07, 6.45) is 5.08. The van der Waals surface area contributed by atoms with Gasteiger partial charge in [-0.05, 0) is 48.0 Å². The number of pyridine rings is 1. The van der Waals surface area contributed by atoms with Crippen molar-refractivity contribution >= 4 is 34.0 Å². The van der Waals surface area contributed by atoms with Gasteiger partial charge in [-0.25, -0.2) is 0 Å². The lowest BCUT2D eigenvalue weighted by atomic mass is 10.2. The Kier molecular flexibility index (Phi) is 6.18. The van der Waals surface area contributed by atoms with Gasteiger partial charge >= 0.3 is 0 Å². The number of anilines is 1. The Balaban J connectivity index is 1.26. The summed E-state index contributed by atoms with van der Waals surface area (Å²) in [5.74, 6) is 1.29. The highest BCUT2D eigenvalue weighted by Crippen LogP contribution is 2.23. The Bertz CT molecular complexity index is 1600. The molecule has 1 N–H and O–H groups in total. The number of amides is 1. The molecule has 0 bridgehead atoms. The lowest BCUT2D eigenvalue weighted by Gasteiger charge is -2.10. The highest BCUT2D eigenvalue weighted by atomic mass is 32.1.